The molecule has 2 aliphatic rings. The molecule has 81 heavy (non-hydrogen) atoms. The van der Waals surface area contributed by atoms with Crippen molar-refractivity contribution >= 4 is 23.4 Å². The number of rotatable bonds is 11. The van der Waals surface area contributed by atoms with Crippen LogP contribution >= 0.6 is 0 Å². The lowest BCUT2D eigenvalue weighted by molar-refractivity contribution is -0.138. The lowest BCUT2D eigenvalue weighted by atomic mass is 9.79. The van der Waals surface area contributed by atoms with Crippen molar-refractivity contribution in [2.24, 2.45) is 5.73 Å². The number of aromatic hydroxyl groups is 2. The van der Waals surface area contributed by atoms with Gasteiger partial charge in [-0.2, -0.15) is 0 Å². The van der Waals surface area contributed by atoms with Crippen LogP contribution in [0, 0.1) is 0 Å². The number of aromatic nitrogens is 6. The Labute approximate surface area is 472 Å². The van der Waals surface area contributed by atoms with Gasteiger partial charge in [-0.25, -0.2) is 9.36 Å². The van der Waals surface area contributed by atoms with Crippen molar-refractivity contribution < 1.29 is 44.0 Å². The van der Waals surface area contributed by atoms with E-state index in [4.69, 9.17) is 15.2 Å². The molecule has 1 amide bonds. The van der Waals surface area contributed by atoms with Crippen molar-refractivity contribution in [3.63, 3.8) is 0 Å². The Hall–Kier alpha value is -8.18. The van der Waals surface area contributed by atoms with Gasteiger partial charge in [0.25, 0.3) is 0 Å². The monoisotopic (exact) mass is 1100 g/mol. The first kappa shape index (κ1) is 57.5. The number of carboxylic acids is 1. The van der Waals surface area contributed by atoms with E-state index in [0.717, 1.165) is 44.5 Å². The van der Waals surface area contributed by atoms with Gasteiger partial charge in [-0.1, -0.05) is 166 Å². The van der Waals surface area contributed by atoms with Crippen LogP contribution in [0.4, 0.5) is 0 Å². The number of hydrogen-bond acceptors (Lipinski definition) is 13. The lowest BCUT2D eigenvalue weighted by Crippen LogP contribution is -2.59. The number of carbonyl (C=O) groups is 4. The molecule has 9 rings (SSSR count). The average Bonchev–Trinajstić information content (AvgIpc) is 4.21. The van der Waals surface area contributed by atoms with Crippen LogP contribution in [-0.4, -0.2) is 80.8 Å². The molecule has 5 aromatic carbocycles. The minimum Gasteiger partial charge on any atom is -0.507 e. The normalized spacial score (nSPS) is 15.8. The third-order valence-corrected chi connectivity index (χ3v) is 15.2. The zero-order valence-corrected chi connectivity index (χ0v) is 48.4. The summed E-state index contributed by atoms with van der Waals surface area (Å²) in [5.74, 6) is -1.18. The number of ketones is 2. The summed E-state index contributed by atoms with van der Waals surface area (Å²) in [4.78, 5) is 51.5. The van der Waals surface area contributed by atoms with Crippen molar-refractivity contribution in [1.29, 1.82) is 0 Å². The molecular formula is C64H74N8O9. The predicted octanol–water partition coefficient (Wildman–Crippen LogP) is 9.28. The highest BCUT2D eigenvalue weighted by atomic mass is 16.5. The van der Waals surface area contributed by atoms with E-state index in [1.807, 2.05) is 0 Å². The van der Waals surface area contributed by atoms with E-state index >= 15 is 0 Å². The number of nitrogens with zero attached hydrogens (tertiary/aromatic N) is 6. The van der Waals surface area contributed by atoms with Crippen LogP contribution in [-0.2, 0) is 83.2 Å². The van der Waals surface area contributed by atoms with E-state index in [2.05, 4.69) is 158 Å². The van der Waals surface area contributed by atoms with Gasteiger partial charge in [-0.3, -0.25) is 19.2 Å². The fraction of sp³-hybridized carbons (Fsp3) is 0.406. The third-order valence-electron chi connectivity index (χ3n) is 15.2. The predicted molar refractivity (Wildman–Crippen MR) is 306 cm³/mol. The smallest absolute Gasteiger partial charge is 0.325 e. The summed E-state index contributed by atoms with van der Waals surface area (Å²) < 4.78 is 16.4. The Bertz CT molecular complexity index is 3500. The Morgan fingerprint density at radius 2 is 0.889 bits per heavy atom. The number of carboxylic acid groups (broad SMARTS) is 1. The van der Waals surface area contributed by atoms with Gasteiger partial charge in [0, 0.05) is 36.8 Å². The number of phenolic OH excluding ortho intramolecular Hbond substituents is 2. The molecule has 6 N–H and O–H groups in total. The van der Waals surface area contributed by atoms with Gasteiger partial charge in [0.15, 0.2) is 11.6 Å². The third kappa shape index (κ3) is 12.6. The average molecular weight is 1100 g/mol. The molecule has 8 bridgehead atoms. The second-order valence-corrected chi connectivity index (χ2v) is 25.9. The lowest BCUT2D eigenvalue weighted by Gasteiger charge is -2.28. The largest absolute Gasteiger partial charge is 0.507 e. The van der Waals surface area contributed by atoms with Crippen molar-refractivity contribution in [2.75, 3.05) is 0 Å². The van der Waals surface area contributed by atoms with Crippen molar-refractivity contribution in [2.45, 2.75) is 169 Å². The second-order valence-electron chi connectivity index (χ2n) is 25.9. The van der Waals surface area contributed by atoms with Crippen molar-refractivity contribution in [3.8, 4) is 23.0 Å². The van der Waals surface area contributed by atoms with E-state index in [1.165, 1.54) is 9.36 Å². The number of amides is 1. The molecule has 7 aromatic rings. The van der Waals surface area contributed by atoms with E-state index in [0.29, 0.717) is 45.1 Å². The van der Waals surface area contributed by atoms with E-state index in [9.17, 15) is 34.5 Å². The molecular weight excluding hydrogens is 1020 g/mol. The molecule has 424 valence electrons. The highest BCUT2D eigenvalue weighted by Crippen LogP contribution is 2.44. The Balaban J connectivity index is 1.16. The summed E-state index contributed by atoms with van der Waals surface area (Å²) in [6.07, 6.45) is 4.16. The number of ether oxygens (including phenoxy) is 2. The van der Waals surface area contributed by atoms with Crippen molar-refractivity contribution in [1.82, 2.24) is 35.3 Å². The van der Waals surface area contributed by atoms with E-state index in [1.54, 1.807) is 36.7 Å². The first-order valence-electron chi connectivity index (χ1n) is 27.4. The highest BCUT2D eigenvalue weighted by molar-refractivity contribution is 6.19. The van der Waals surface area contributed by atoms with Crippen LogP contribution in [0.25, 0.3) is 0 Å². The maximum atomic E-state index is 13.5. The molecule has 17 heteroatoms. The number of carbonyl (C=O) groups excluding carboxylic acids is 3. The fourth-order valence-electron chi connectivity index (χ4n) is 10.5. The summed E-state index contributed by atoms with van der Waals surface area (Å²) in [5, 5.41) is 54.5. The van der Waals surface area contributed by atoms with Gasteiger partial charge in [-0.05, 0) is 88.4 Å². The van der Waals surface area contributed by atoms with Crippen LogP contribution in [0.15, 0.2) is 85.2 Å². The maximum absolute atomic E-state index is 13.5. The van der Waals surface area contributed by atoms with Crippen LogP contribution < -0.4 is 20.5 Å². The molecule has 2 unspecified atom stereocenters. The van der Waals surface area contributed by atoms with Crippen molar-refractivity contribution in [3.05, 3.63) is 174 Å². The summed E-state index contributed by atoms with van der Waals surface area (Å²) in [6, 6.07) is 20.7. The number of fused-ring (bicyclic) bond motifs is 9. The number of nitrogens with one attached hydrogen (secondary N) is 1. The summed E-state index contributed by atoms with van der Waals surface area (Å²) in [7, 11) is 0. The summed E-state index contributed by atoms with van der Waals surface area (Å²) >= 11 is 0. The molecule has 2 aromatic heterocycles. The van der Waals surface area contributed by atoms with Gasteiger partial charge >= 0.3 is 5.97 Å². The van der Waals surface area contributed by atoms with E-state index < -0.39 is 35.5 Å². The second kappa shape index (κ2) is 21.7. The SMILES string of the molecule is CC(C)(C)c1cc2c(O)c(c1)Cc1cc(C(C)(C)C)cc(c1OCc1cn(CC(=O)NC3C(=O)c4ccccc4C(=O)C3N)nn1)Cc1cc(C(C)(C)C)cc(c1O)Cc1cc(C(C)(C)C)cc(c1OCc1cn(CC(=O)O)nn1)C2. The van der Waals surface area contributed by atoms with Gasteiger partial charge < -0.3 is 35.8 Å². The van der Waals surface area contributed by atoms with Crippen LogP contribution in [0.5, 0.6) is 23.0 Å². The first-order chi connectivity index (χ1) is 37.9. The van der Waals surface area contributed by atoms with Gasteiger partial charge in [0.2, 0.25) is 5.91 Å². The maximum Gasteiger partial charge on any atom is 0.325 e. The number of aliphatic carboxylic acids is 1. The minimum atomic E-state index is -1.25. The molecule has 0 aliphatic heterocycles. The molecule has 0 saturated carbocycles. The number of nitrogens with two attached hydrogens (primary N) is 1. The van der Waals surface area contributed by atoms with Gasteiger partial charge in [-0.15, -0.1) is 10.2 Å². The molecule has 2 aliphatic carbocycles. The highest BCUT2D eigenvalue weighted by Gasteiger charge is 2.40. The summed E-state index contributed by atoms with van der Waals surface area (Å²) in [6.45, 7) is 25.0. The fourth-order valence-corrected chi connectivity index (χ4v) is 10.5. The number of hydrogen-bond donors (Lipinski definition) is 5. The Kier molecular flexibility index (Phi) is 15.4. The molecule has 0 fully saturated rings. The molecule has 0 saturated heterocycles. The standard InChI is InChI=1S/C64H74N8O9/c1-61(2,3)43-21-35-17-39-25-45(63(7,8)9)26-40(59(39)80-33-47-29-71(69-67-47)31-51(73)66-54-53(65)57(78)49-15-13-14-16-50(49)58(54)79)18-36-22-44(62(4,5)6)24-38(56(36)77)20-42-28-46(64(10,11)12)27-41(19-37(23-43)55(35)76)60(42)81-34-48-30-72(70-68-48)32-52(74)75/h13-16,21-30,53-54,76-77H,17-20,31-34,65H2,1-12H3,(H,66,73)(H,74,75). The Morgan fingerprint density at radius 1 is 0.556 bits per heavy atom. The molecule has 2 heterocycles. The zero-order valence-electron chi connectivity index (χ0n) is 48.4. The van der Waals surface area contributed by atoms with Gasteiger partial charge in [0.05, 0.1) is 18.4 Å². The zero-order chi connectivity index (χ0) is 58.7. The summed E-state index contributed by atoms with van der Waals surface area (Å²) in [5.41, 5.74) is 16.1. The van der Waals surface area contributed by atoms with Crippen LogP contribution in [0.3, 0.4) is 0 Å². The molecule has 0 spiro atoms. The first-order valence-corrected chi connectivity index (χ1v) is 27.4. The van der Waals surface area contributed by atoms with Crippen LogP contribution in [0.2, 0.25) is 0 Å². The quantitative estimate of drug-likeness (QED) is 0.0810. The molecule has 17 nitrogen and oxygen atoms in total. The van der Waals surface area contributed by atoms with Gasteiger partial charge in [0.1, 0.15) is 66.7 Å². The number of benzene rings is 5. The van der Waals surface area contributed by atoms with E-state index in [-0.39, 0.29) is 96.3 Å². The molecule has 0 radical (unpaired) electrons. The number of Topliss-reactive ketones (excluding diaryl/α,β-unsaturated/α-hetero) is 2. The number of phenols is 2. The molecule has 2 atom stereocenters. The van der Waals surface area contributed by atoms with Crippen LogP contribution in [0.1, 0.15) is 182 Å². The Morgan fingerprint density at radius 3 is 1.23 bits per heavy atom. The topological polar surface area (TPSA) is 247 Å². The minimum absolute atomic E-state index is 0.0249.